The van der Waals surface area contributed by atoms with Gasteiger partial charge in [-0.25, -0.2) is 0 Å². The largest absolute Gasteiger partial charge is 0.482 e. The molecule has 128 valence electrons. The van der Waals surface area contributed by atoms with Gasteiger partial charge in [0.25, 0.3) is 5.91 Å². The number of hydrogen-bond donors (Lipinski definition) is 1. The Morgan fingerprint density at radius 1 is 1.17 bits per heavy atom. The standard InChI is InChI=1S/C16H17Cl2N3O3/c1-4-23-16-19-9(2)15(10(3)20-16)21-14(22)8-24-13-6-5-11(17)7-12(13)18/h5-7H,4,8H2,1-3H3,(H,21,22). The van der Waals surface area contributed by atoms with Gasteiger partial charge in [-0.15, -0.1) is 0 Å². The van der Waals surface area contributed by atoms with Gasteiger partial charge in [0.05, 0.1) is 28.7 Å². The first-order valence-corrected chi connectivity index (χ1v) is 8.02. The number of nitrogens with zero attached hydrogens (tertiary/aromatic N) is 2. The highest BCUT2D eigenvalue weighted by Gasteiger charge is 2.13. The molecule has 0 unspecified atom stereocenters. The number of amides is 1. The summed E-state index contributed by atoms with van der Waals surface area (Å²) in [6.07, 6.45) is 0. The molecule has 1 aromatic heterocycles. The zero-order valence-corrected chi connectivity index (χ0v) is 15.0. The van der Waals surface area contributed by atoms with Crippen LogP contribution in [0.15, 0.2) is 18.2 Å². The summed E-state index contributed by atoms with van der Waals surface area (Å²) < 4.78 is 10.7. The number of aromatic nitrogens is 2. The molecule has 0 bridgehead atoms. The van der Waals surface area contributed by atoms with Crippen molar-refractivity contribution in [3.63, 3.8) is 0 Å². The van der Waals surface area contributed by atoms with Crippen LogP contribution in [0.2, 0.25) is 10.0 Å². The van der Waals surface area contributed by atoms with Crippen molar-refractivity contribution in [1.82, 2.24) is 9.97 Å². The van der Waals surface area contributed by atoms with Crippen LogP contribution in [0.4, 0.5) is 5.69 Å². The third kappa shape index (κ3) is 4.72. The van der Waals surface area contributed by atoms with Crippen LogP contribution in [0.1, 0.15) is 18.3 Å². The maximum atomic E-state index is 12.1. The van der Waals surface area contributed by atoms with E-state index < -0.39 is 0 Å². The highest BCUT2D eigenvalue weighted by molar-refractivity contribution is 6.35. The minimum atomic E-state index is -0.347. The number of anilines is 1. The van der Waals surface area contributed by atoms with E-state index in [1.165, 1.54) is 0 Å². The topological polar surface area (TPSA) is 73.3 Å². The summed E-state index contributed by atoms with van der Waals surface area (Å²) in [5.74, 6) is 0.0348. The van der Waals surface area contributed by atoms with Gasteiger partial charge in [0.1, 0.15) is 5.75 Å². The van der Waals surface area contributed by atoms with Gasteiger partial charge in [0, 0.05) is 5.02 Å². The molecule has 1 heterocycles. The lowest BCUT2D eigenvalue weighted by Gasteiger charge is -2.13. The van der Waals surface area contributed by atoms with Gasteiger partial charge in [0.2, 0.25) is 0 Å². The van der Waals surface area contributed by atoms with Gasteiger partial charge in [-0.2, -0.15) is 9.97 Å². The van der Waals surface area contributed by atoms with Gasteiger partial charge >= 0.3 is 6.01 Å². The molecule has 0 aliphatic rings. The maximum absolute atomic E-state index is 12.1. The van der Waals surface area contributed by atoms with Crippen molar-refractivity contribution in [1.29, 1.82) is 0 Å². The van der Waals surface area contributed by atoms with Crippen molar-refractivity contribution < 1.29 is 14.3 Å². The minimum Gasteiger partial charge on any atom is -0.482 e. The summed E-state index contributed by atoms with van der Waals surface area (Å²) in [5, 5.41) is 3.57. The van der Waals surface area contributed by atoms with E-state index in [0.717, 1.165) is 0 Å². The predicted molar refractivity (Wildman–Crippen MR) is 93.3 cm³/mol. The molecule has 0 radical (unpaired) electrons. The normalized spacial score (nSPS) is 10.4. The summed E-state index contributed by atoms with van der Waals surface area (Å²) in [4.78, 5) is 20.5. The molecule has 0 spiro atoms. The zero-order chi connectivity index (χ0) is 17.7. The highest BCUT2D eigenvalue weighted by Crippen LogP contribution is 2.27. The Morgan fingerprint density at radius 3 is 2.42 bits per heavy atom. The van der Waals surface area contributed by atoms with E-state index in [0.29, 0.717) is 39.5 Å². The molecule has 1 N–H and O–H groups in total. The number of hydrogen-bond acceptors (Lipinski definition) is 5. The first-order chi connectivity index (χ1) is 11.4. The summed E-state index contributed by atoms with van der Waals surface area (Å²) in [7, 11) is 0. The number of carbonyl (C=O) groups is 1. The molecule has 0 aliphatic heterocycles. The van der Waals surface area contributed by atoms with Crippen LogP contribution in [-0.4, -0.2) is 29.1 Å². The third-order valence-corrected chi connectivity index (χ3v) is 3.57. The molecule has 0 atom stereocenters. The van der Waals surface area contributed by atoms with E-state index in [-0.39, 0.29) is 18.5 Å². The zero-order valence-electron chi connectivity index (χ0n) is 13.5. The van der Waals surface area contributed by atoms with Crippen molar-refractivity contribution in [2.45, 2.75) is 20.8 Å². The summed E-state index contributed by atoms with van der Waals surface area (Å²) in [6.45, 7) is 5.66. The Labute approximate surface area is 150 Å². The van der Waals surface area contributed by atoms with Crippen LogP contribution in [0, 0.1) is 13.8 Å². The molecular formula is C16H17Cl2N3O3. The molecule has 0 fully saturated rings. The van der Waals surface area contributed by atoms with Gasteiger partial charge in [-0.1, -0.05) is 23.2 Å². The van der Waals surface area contributed by atoms with E-state index >= 15 is 0 Å². The molecule has 6 nitrogen and oxygen atoms in total. The van der Waals surface area contributed by atoms with Gasteiger partial charge < -0.3 is 14.8 Å². The molecular weight excluding hydrogens is 353 g/mol. The Morgan fingerprint density at radius 2 is 1.83 bits per heavy atom. The first kappa shape index (κ1) is 18.3. The molecule has 2 aromatic rings. The average Bonchev–Trinajstić information content (AvgIpc) is 2.50. The quantitative estimate of drug-likeness (QED) is 0.837. The molecule has 0 aliphatic carbocycles. The van der Waals surface area contributed by atoms with E-state index in [2.05, 4.69) is 15.3 Å². The lowest BCUT2D eigenvalue weighted by molar-refractivity contribution is -0.118. The second kappa shape index (κ2) is 8.17. The number of aryl methyl sites for hydroxylation is 2. The Balaban J connectivity index is 2.02. The van der Waals surface area contributed by atoms with Crippen molar-refractivity contribution in [2.75, 3.05) is 18.5 Å². The fraction of sp³-hybridized carbons (Fsp3) is 0.312. The van der Waals surface area contributed by atoms with E-state index in [1.807, 2.05) is 6.92 Å². The Hall–Kier alpha value is -2.05. The van der Waals surface area contributed by atoms with E-state index in [9.17, 15) is 4.79 Å². The lowest BCUT2D eigenvalue weighted by atomic mass is 10.3. The summed E-state index contributed by atoms with van der Waals surface area (Å²) in [6, 6.07) is 5.07. The molecule has 0 saturated carbocycles. The molecule has 24 heavy (non-hydrogen) atoms. The van der Waals surface area contributed by atoms with Crippen LogP contribution in [-0.2, 0) is 4.79 Å². The first-order valence-electron chi connectivity index (χ1n) is 7.26. The molecule has 0 saturated heterocycles. The summed E-state index contributed by atoms with van der Waals surface area (Å²) >= 11 is 11.8. The lowest BCUT2D eigenvalue weighted by Crippen LogP contribution is -2.22. The second-order valence-electron chi connectivity index (χ2n) is 4.90. The average molecular weight is 370 g/mol. The Bertz CT molecular complexity index is 730. The fourth-order valence-electron chi connectivity index (χ4n) is 1.97. The molecule has 1 amide bonds. The van der Waals surface area contributed by atoms with E-state index in [1.54, 1.807) is 32.0 Å². The maximum Gasteiger partial charge on any atom is 0.316 e. The Kier molecular flexibility index (Phi) is 6.23. The molecule has 8 heteroatoms. The SMILES string of the molecule is CCOc1nc(C)c(NC(=O)COc2ccc(Cl)cc2Cl)c(C)n1. The van der Waals surface area contributed by atoms with Crippen molar-refractivity contribution in [3.05, 3.63) is 39.6 Å². The van der Waals surface area contributed by atoms with Crippen LogP contribution < -0.4 is 14.8 Å². The fourth-order valence-corrected chi connectivity index (χ4v) is 2.43. The van der Waals surface area contributed by atoms with Crippen LogP contribution >= 0.6 is 23.2 Å². The van der Waals surface area contributed by atoms with Crippen molar-refractivity contribution >= 4 is 34.8 Å². The third-order valence-electron chi connectivity index (χ3n) is 3.04. The number of benzene rings is 1. The van der Waals surface area contributed by atoms with Crippen LogP contribution in [0.5, 0.6) is 11.8 Å². The predicted octanol–water partition coefficient (Wildman–Crippen LogP) is 3.82. The van der Waals surface area contributed by atoms with Gasteiger partial charge in [-0.05, 0) is 39.0 Å². The van der Waals surface area contributed by atoms with Crippen molar-refractivity contribution in [3.8, 4) is 11.8 Å². The van der Waals surface area contributed by atoms with Gasteiger partial charge in [-0.3, -0.25) is 4.79 Å². The highest BCUT2D eigenvalue weighted by atomic mass is 35.5. The molecule has 1 aromatic carbocycles. The van der Waals surface area contributed by atoms with Crippen LogP contribution in [0.25, 0.3) is 0 Å². The van der Waals surface area contributed by atoms with Gasteiger partial charge in [0.15, 0.2) is 6.61 Å². The smallest absolute Gasteiger partial charge is 0.316 e. The summed E-state index contributed by atoms with van der Waals surface area (Å²) in [5.41, 5.74) is 1.77. The van der Waals surface area contributed by atoms with Crippen molar-refractivity contribution in [2.24, 2.45) is 0 Å². The monoisotopic (exact) mass is 369 g/mol. The number of carbonyl (C=O) groups excluding carboxylic acids is 1. The molecule has 2 rings (SSSR count). The van der Waals surface area contributed by atoms with Crippen LogP contribution in [0.3, 0.4) is 0 Å². The minimum absolute atomic E-state index is 0.201. The number of ether oxygens (including phenoxy) is 2. The second-order valence-corrected chi connectivity index (χ2v) is 5.74. The van der Waals surface area contributed by atoms with E-state index in [4.69, 9.17) is 32.7 Å². The number of halogens is 2. The number of rotatable bonds is 6. The number of nitrogens with one attached hydrogen (secondary N) is 1.